The fraction of sp³-hybridized carbons (Fsp3) is 0.778. The number of esters is 1. The van der Waals surface area contributed by atoms with E-state index in [9.17, 15) is 4.79 Å². The number of carbonyl (C=O) groups is 1. The number of guanidine groups is 1. The van der Waals surface area contributed by atoms with Gasteiger partial charge in [-0.15, -0.1) is 30.6 Å². The third-order valence-corrected chi connectivity index (χ3v) is 4.00. The molecule has 1 aliphatic rings. The van der Waals surface area contributed by atoms with Crippen LogP contribution < -0.4 is 5.32 Å². The standard InChI is InChI=1S/C18H33N3O2.HI/c1-4-6-9-15-21(3)18(19-5-2)20-14-10-13-17(22)23-16-11-7-8-12-16;/h4,16H,1,5-15H2,2-3H3,(H,19,20);1H. The van der Waals surface area contributed by atoms with E-state index in [1.165, 1.54) is 12.8 Å². The summed E-state index contributed by atoms with van der Waals surface area (Å²) in [5, 5.41) is 3.29. The maximum absolute atomic E-state index is 11.8. The fourth-order valence-electron chi connectivity index (χ4n) is 2.71. The summed E-state index contributed by atoms with van der Waals surface area (Å²) < 4.78 is 5.46. The van der Waals surface area contributed by atoms with Crippen LogP contribution in [0.15, 0.2) is 17.6 Å². The minimum Gasteiger partial charge on any atom is -0.462 e. The highest BCUT2D eigenvalue weighted by atomic mass is 127. The molecule has 1 rings (SSSR count). The minimum atomic E-state index is -0.0727. The van der Waals surface area contributed by atoms with E-state index in [1.54, 1.807) is 0 Å². The third-order valence-electron chi connectivity index (χ3n) is 4.00. The van der Waals surface area contributed by atoms with Crippen LogP contribution in [0.1, 0.15) is 58.3 Å². The second-order valence-electron chi connectivity index (χ2n) is 6.09. The number of carbonyl (C=O) groups excluding carboxylic acids is 1. The summed E-state index contributed by atoms with van der Waals surface area (Å²) in [6.07, 6.45) is 9.81. The lowest BCUT2D eigenvalue weighted by Crippen LogP contribution is -2.39. The number of allylic oxidation sites excluding steroid dienone is 1. The molecule has 1 saturated carbocycles. The Labute approximate surface area is 164 Å². The molecule has 1 aliphatic carbocycles. The number of ether oxygens (including phenoxy) is 1. The van der Waals surface area contributed by atoms with E-state index >= 15 is 0 Å². The van der Waals surface area contributed by atoms with Crippen molar-refractivity contribution in [3.8, 4) is 0 Å². The molecule has 1 fully saturated rings. The molecule has 6 heteroatoms. The van der Waals surface area contributed by atoms with Crippen LogP contribution in [0.4, 0.5) is 0 Å². The van der Waals surface area contributed by atoms with Gasteiger partial charge in [0.2, 0.25) is 0 Å². The predicted molar refractivity (Wildman–Crippen MR) is 111 cm³/mol. The SMILES string of the molecule is C=CCCCN(C)C(=NCCCC(=O)OC1CCCC1)NCC.I. The number of nitrogens with one attached hydrogen (secondary N) is 1. The molecule has 1 N–H and O–H groups in total. The lowest BCUT2D eigenvalue weighted by atomic mass is 10.3. The zero-order valence-electron chi connectivity index (χ0n) is 15.3. The largest absolute Gasteiger partial charge is 0.462 e. The molecule has 0 aromatic carbocycles. The maximum Gasteiger partial charge on any atom is 0.306 e. The van der Waals surface area contributed by atoms with Crippen LogP contribution in [0.25, 0.3) is 0 Å². The van der Waals surface area contributed by atoms with Gasteiger partial charge >= 0.3 is 5.97 Å². The van der Waals surface area contributed by atoms with Gasteiger partial charge in [-0.25, -0.2) is 0 Å². The summed E-state index contributed by atoms with van der Waals surface area (Å²) in [5.41, 5.74) is 0. The Balaban J connectivity index is 0.00000529. The van der Waals surface area contributed by atoms with Crippen molar-refractivity contribution >= 4 is 35.9 Å². The summed E-state index contributed by atoms with van der Waals surface area (Å²) >= 11 is 0. The van der Waals surface area contributed by atoms with Gasteiger partial charge in [0.1, 0.15) is 6.10 Å². The van der Waals surface area contributed by atoms with Gasteiger partial charge in [-0.2, -0.15) is 0 Å². The first-order valence-corrected chi connectivity index (χ1v) is 8.97. The predicted octanol–water partition coefficient (Wildman–Crippen LogP) is 3.73. The molecule has 140 valence electrons. The first-order chi connectivity index (χ1) is 11.2. The molecule has 0 heterocycles. The zero-order valence-corrected chi connectivity index (χ0v) is 17.6. The molecule has 0 bridgehead atoms. The quantitative estimate of drug-likeness (QED) is 0.137. The number of hydrogen-bond donors (Lipinski definition) is 1. The van der Waals surface area contributed by atoms with Crippen molar-refractivity contribution in [2.45, 2.75) is 64.4 Å². The van der Waals surface area contributed by atoms with Gasteiger partial charge in [-0.05, 0) is 51.9 Å². The van der Waals surface area contributed by atoms with Crippen molar-refractivity contribution in [1.82, 2.24) is 10.2 Å². The summed E-state index contributed by atoms with van der Waals surface area (Å²) in [6.45, 7) is 8.24. The molecule has 5 nitrogen and oxygen atoms in total. The summed E-state index contributed by atoms with van der Waals surface area (Å²) in [7, 11) is 2.04. The molecule has 0 aliphatic heterocycles. The van der Waals surface area contributed by atoms with Crippen molar-refractivity contribution in [2.75, 3.05) is 26.7 Å². The Morgan fingerprint density at radius 2 is 2.08 bits per heavy atom. The Hall–Kier alpha value is -0.790. The van der Waals surface area contributed by atoms with Crippen molar-refractivity contribution < 1.29 is 9.53 Å². The zero-order chi connectivity index (χ0) is 16.9. The highest BCUT2D eigenvalue weighted by Gasteiger charge is 2.18. The molecule has 0 aromatic heterocycles. The number of aliphatic imine (C=N–C) groups is 1. The number of halogens is 1. The van der Waals surface area contributed by atoms with Gasteiger partial charge in [0.25, 0.3) is 0 Å². The van der Waals surface area contributed by atoms with E-state index in [-0.39, 0.29) is 36.0 Å². The second-order valence-corrected chi connectivity index (χ2v) is 6.09. The van der Waals surface area contributed by atoms with Crippen LogP contribution in [0.5, 0.6) is 0 Å². The molecular weight excluding hydrogens is 417 g/mol. The van der Waals surface area contributed by atoms with E-state index in [2.05, 4.69) is 28.7 Å². The Bertz CT molecular complexity index is 382. The van der Waals surface area contributed by atoms with Crippen LogP contribution in [0, 0.1) is 0 Å². The highest BCUT2D eigenvalue weighted by molar-refractivity contribution is 14.0. The monoisotopic (exact) mass is 451 g/mol. The Morgan fingerprint density at radius 1 is 1.38 bits per heavy atom. The highest BCUT2D eigenvalue weighted by Crippen LogP contribution is 2.21. The Kier molecular flexibility index (Phi) is 14.1. The number of unbranched alkanes of at least 4 members (excludes halogenated alkanes) is 1. The molecule has 0 atom stereocenters. The van der Waals surface area contributed by atoms with Gasteiger partial charge in [0.05, 0.1) is 0 Å². The molecule has 0 unspecified atom stereocenters. The van der Waals surface area contributed by atoms with Crippen LogP contribution >= 0.6 is 24.0 Å². The lowest BCUT2D eigenvalue weighted by Gasteiger charge is -2.21. The number of hydrogen-bond acceptors (Lipinski definition) is 3. The molecular formula is C18H34IN3O2. The van der Waals surface area contributed by atoms with Crippen LogP contribution in [0.2, 0.25) is 0 Å². The minimum absolute atomic E-state index is 0. The molecule has 0 saturated heterocycles. The van der Waals surface area contributed by atoms with E-state index in [1.807, 2.05) is 13.1 Å². The number of rotatable bonds is 10. The van der Waals surface area contributed by atoms with Crippen LogP contribution in [-0.2, 0) is 9.53 Å². The smallest absolute Gasteiger partial charge is 0.306 e. The second kappa shape index (κ2) is 14.5. The third kappa shape index (κ3) is 10.2. The first-order valence-electron chi connectivity index (χ1n) is 8.97. The first kappa shape index (κ1) is 23.2. The normalized spacial score (nSPS) is 14.8. The van der Waals surface area contributed by atoms with Gasteiger partial charge < -0.3 is 15.0 Å². The molecule has 0 spiro atoms. The average Bonchev–Trinajstić information content (AvgIpc) is 3.03. The van der Waals surface area contributed by atoms with E-state index < -0.39 is 0 Å². The molecule has 0 amide bonds. The topological polar surface area (TPSA) is 53.9 Å². The number of nitrogens with zero attached hydrogens (tertiary/aromatic N) is 2. The average molecular weight is 451 g/mol. The van der Waals surface area contributed by atoms with Crippen LogP contribution in [-0.4, -0.2) is 49.6 Å². The van der Waals surface area contributed by atoms with Crippen molar-refractivity contribution in [2.24, 2.45) is 4.99 Å². The van der Waals surface area contributed by atoms with E-state index in [0.717, 1.165) is 51.2 Å². The fourth-order valence-corrected chi connectivity index (χ4v) is 2.71. The van der Waals surface area contributed by atoms with Crippen molar-refractivity contribution in [1.29, 1.82) is 0 Å². The van der Waals surface area contributed by atoms with Crippen molar-refractivity contribution in [3.63, 3.8) is 0 Å². The van der Waals surface area contributed by atoms with Gasteiger partial charge in [0.15, 0.2) is 5.96 Å². The van der Waals surface area contributed by atoms with E-state index in [4.69, 9.17) is 4.74 Å². The van der Waals surface area contributed by atoms with Crippen molar-refractivity contribution in [3.05, 3.63) is 12.7 Å². The van der Waals surface area contributed by atoms with Gasteiger partial charge in [-0.1, -0.05) is 6.08 Å². The molecule has 24 heavy (non-hydrogen) atoms. The van der Waals surface area contributed by atoms with Gasteiger partial charge in [-0.3, -0.25) is 9.79 Å². The van der Waals surface area contributed by atoms with Gasteiger partial charge in [0, 0.05) is 33.1 Å². The summed E-state index contributed by atoms with van der Waals surface area (Å²) in [5.74, 6) is 0.831. The maximum atomic E-state index is 11.8. The Morgan fingerprint density at radius 3 is 2.71 bits per heavy atom. The lowest BCUT2D eigenvalue weighted by molar-refractivity contribution is -0.148. The van der Waals surface area contributed by atoms with E-state index in [0.29, 0.717) is 13.0 Å². The molecule has 0 aromatic rings. The summed E-state index contributed by atoms with van der Waals surface area (Å²) in [6, 6.07) is 0. The van der Waals surface area contributed by atoms with Crippen LogP contribution in [0.3, 0.4) is 0 Å². The summed E-state index contributed by atoms with van der Waals surface area (Å²) in [4.78, 5) is 18.5. The molecule has 0 radical (unpaired) electrons.